The first-order valence-corrected chi connectivity index (χ1v) is 8.44. The molecule has 7 heteroatoms. The Bertz CT molecular complexity index is 375. The first-order chi connectivity index (χ1) is 10.7. The Balaban J connectivity index is 0.00000264. The third-order valence-corrected chi connectivity index (χ3v) is 4.80. The van der Waals surface area contributed by atoms with Gasteiger partial charge in [-0.15, -0.1) is 12.4 Å². The quantitative estimate of drug-likeness (QED) is 0.750. The third-order valence-electron chi connectivity index (χ3n) is 4.80. The van der Waals surface area contributed by atoms with Crippen molar-refractivity contribution in [1.29, 1.82) is 0 Å². The summed E-state index contributed by atoms with van der Waals surface area (Å²) < 4.78 is 5.26. The number of amides is 2. The van der Waals surface area contributed by atoms with Crippen LogP contribution in [0, 0.1) is 5.41 Å². The number of nitrogens with zero attached hydrogens (tertiary/aromatic N) is 1. The van der Waals surface area contributed by atoms with Gasteiger partial charge in [0.1, 0.15) is 0 Å². The summed E-state index contributed by atoms with van der Waals surface area (Å²) in [5.41, 5.74) is -0.436. The smallest absolute Gasteiger partial charge is 0.228 e. The lowest BCUT2D eigenvalue weighted by Gasteiger charge is -2.35. The standard InChI is InChI=1S/C16H29N3O3.ClH/c1-22-13-16(6-9-17-10-7-16)15(21)18-8-5-14(20)19-11-3-2-4-12-19;/h17H,2-13H2,1H3,(H,18,21);1H. The molecule has 0 spiro atoms. The van der Waals surface area contributed by atoms with Gasteiger partial charge in [-0.3, -0.25) is 9.59 Å². The van der Waals surface area contributed by atoms with Crippen LogP contribution in [0.1, 0.15) is 38.5 Å². The van der Waals surface area contributed by atoms with Crippen molar-refractivity contribution in [3.63, 3.8) is 0 Å². The largest absolute Gasteiger partial charge is 0.384 e. The number of ether oxygens (including phenoxy) is 1. The van der Waals surface area contributed by atoms with E-state index in [1.54, 1.807) is 7.11 Å². The van der Waals surface area contributed by atoms with Crippen LogP contribution in [-0.4, -0.2) is 63.2 Å². The number of halogens is 1. The molecule has 23 heavy (non-hydrogen) atoms. The van der Waals surface area contributed by atoms with E-state index in [1.165, 1.54) is 6.42 Å². The van der Waals surface area contributed by atoms with Crippen molar-refractivity contribution < 1.29 is 14.3 Å². The van der Waals surface area contributed by atoms with E-state index in [1.807, 2.05) is 4.90 Å². The average molecular weight is 348 g/mol. The molecule has 0 aliphatic carbocycles. The molecule has 0 aromatic carbocycles. The van der Waals surface area contributed by atoms with E-state index in [2.05, 4.69) is 10.6 Å². The summed E-state index contributed by atoms with van der Waals surface area (Å²) in [5, 5.41) is 6.23. The second-order valence-electron chi connectivity index (χ2n) is 6.41. The zero-order valence-electron chi connectivity index (χ0n) is 14.1. The minimum atomic E-state index is -0.436. The number of hydrogen-bond acceptors (Lipinski definition) is 4. The van der Waals surface area contributed by atoms with Gasteiger partial charge in [0.05, 0.1) is 12.0 Å². The van der Waals surface area contributed by atoms with Gasteiger partial charge in [-0.2, -0.15) is 0 Å². The Labute approximate surface area is 145 Å². The van der Waals surface area contributed by atoms with Crippen LogP contribution >= 0.6 is 12.4 Å². The fourth-order valence-corrected chi connectivity index (χ4v) is 3.39. The second kappa shape index (κ2) is 10.1. The Morgan fingerprint density at radius 1 is 1.17 bits per heavy atom. The van der Waals surface area contributed by atoms with Crippen molar-refractivity contribution in [1.82, 2.24) is 15.5 Å². The molecule has 0 unspecified atom stereocenters. The van der Waals surface area contributed by atoms with Gasteiger partial charge in [-0.25, -0.2) is 0 Å². The average Bonchev–Trinajstić information content (AvgIpc) is 2.56. The maximum atomic E-state index is 12.5. The van der Waals surface area contributed by atoms with Crippen LogP contribution < -0.4 is 10.6 Å². The number of methoxy groups -OCH3 is 1. The topological polar surface area (TPSA) is 70.7 Å². The van der Waals surface area contributed by atoms with Gasteiger partial charge in [0, 0.05) is 33.2 Å². The van der Waals surface area contributed by atoms with Crippen LogP contribution in [0.25, 0.3) is 0 Å². The summed E-state index contributed by atoms with van der Waals surface area (Å²) in [6, 6.07) is 0. The van der Waals surface area contributed by atoms with Gasteiger partial charge >= 0.3 is 0 Å². The van der Waals surface area contributed by atoms with E-state index in [-0.39, 0.29) is 24.2 Å². The molecule has 134 valence electrons. The first kappa shape index (κ1) is 20.2. The molecule has 0 saturated carbocycles. The molecule has 2 saturated heterocycles. The van der Waals surface area contributed by atoms with Crippen molar-refractivity contribution in [2.45, 2.75) is 38.5 Å². The summed E-state index contributed by atoms with van der Waals surface area (Å²) in [5.74, 6) is 0.188. The molecule has 0 atom stereocenters. The molecule has 2 aliphatic rings. The highest BCUT2D eigenvalue weighted by Gasteiger charge is 2.39. The van der Waals surface area contributed by atoms with Gasteiger partial charge in [-0.05, 0) is 45.2 Å². The number of rotatable bonds is 6. The maximum Gasteiger partial charge on any atom is 0.228 e. The number of hydrogen-bond donors (Lipinski definition) is 2. The normalized spacial score (nSPS) is 20.5. The predicted octanol–water partition coefficient (Wildman–Crippen LogP) is 0.943. The molecule has 2 rings (SSSR count). The molecule has 0 bridgehead atoms. The Morgan fingerprint density at radius 2 is 1.83 bits per heavy atom. The summed E-state index contributed by atoms with van der Waals surface area (Å²) >= 11 is 0. The molecule has 6 nitrogen and oxygen atoms in total. The van der Waals surface area contributed by atoms with E-state index in [4.69, 9.17) is 4.74 Å². The summed E-state index contributed by atoms with van der Waals surface area (Å²) in [6.45, 7) is 4.28. The van der Waals surface area contributed by atoms with Gasteiger partial charge in [-0.1, -0.05) is 0 Å². The van der Waals surface area contributed by atoms with Crippen LogP contribution in [0.3, 0.4) is 0 Å². The number of carbonyl (C=O) groups excluding carboxylic acids is 2. The highest BCUT2D eigenvalue weighted by molar-refractivity contribution is 5.85. The molecular formula is C16H30ClN3O3. The lowest BCUT2D eigenvalue weighted by Crippen LogP contribution is -2.50. The minimum Gasteiger partial charge on any atom is -0.384 e. The Hall–Kier alpha value is -0.850. The minimum absolute atomic E-state index is 0. The predicted molar refractivity (Wildman–Crippen MR) is 91.7 cm³/mol. The first-order valence-electron chi connectivity index (χ1n) is 8.44. The highest BCUT2D eigenvalue weighted by atomic mass is 35.5. The maximum absolute atomic E-state index is 12.5. The van der Waals surface area contributed by atoms with Crippen molar-refractivity contribution in [2.24, 2.45) is 5.41 Å². The van der Waals surface area contributed by atoms with Crippen LogP contribution in [0.2, 0.25) is 0 Å². The Kier molecular flexibility index (Phi) is 8.87. The van der Waals surface area contributed by atoms with Crippen LogP contribution in [0.4, 0.5) is 0 Å². The summed E-state index contributed by atoms with van der Waals surface area (Å²) in [6.07, 6.45) is 5.38. The van der Waals surface area contributed by atoms with Gasteiger partial charge in [0.2, 0.25) is 11.8 Å². The van der Waals surface area contributed by atoms with Gasteiger partial charge in [0.25, 0.3) is 0 Å². The van der Waals surface area contributed by atoms with Crippen molar-refractivity contribution in [3.05, 3.63) is 0 Å². The SMILES string of the molecule is COCC1(C(=O)NCCC(=O)N2CCCCC2)CCNCC1.Cl. The van der Waals surface area contributed by atoms with E-state index in [0.717, 1.165) is 51.9 Å². The van der Waals surface area contributed by atoms with Crippen molar-refractivity contribution >= 4 is 24.2 Å². The molecule has 0 aromatic heterocycles. The van der Waals surface area contributed by atoms with Crippen molar-refractivity contribution in [3.8, 4) is 0 Å². The fourth-order valence-electron chi connectivity index (χ4n) is 3.39. The van der Waals surface area contributed by atoms with Gasteiger partial charge < -0.3 is 20.3 Å². The molecule has 0 radical (unpaired) electrons. The third kappa shape index (κ3) is 5.62. The van der Waals surface area contributed by atoms with E-state index in [0.29, 0.717) is 19.6 Å². The summed E-state index contributed by atoms with van der Waals surface area (Å²) in [4.78, 5) is 26.5. The number of carbonyl (C=O) groups is 2. The lowest BCUT2D eigenvalue weighted by atomic mass is 9.78. The monoisotopic (exact) mass is 347 g/mol. The summed E-state index contributed by atoms with van der Waals surface area (Å²) in [7, 11) is 1.64. The van der Waals surface area contributed by atoms with E-state index in [9.17, 15) is 9.59 Å². The Morgan fingerprint density at radius 3 is 2.43 bits per heavy atom. The molecule has 2 amide bonds. The van der Waals surface area contributed by atoms with Crippen LogP contribution in [-0.2, 0) is 14.3 Å². The van der Waals surface area contributed by atoms with E-state index < -0.39 is 5.41 Å². The zero-order chi connectivity index (χ0) is 15.8. The highest BCUT2D eigenvalue weighted by Crippen LogP contribution is 2.29. The van der Waals surface area contributed by atoms with Gasteiger partial charge in [0.15, 0.2) is 0 Å². The molecule has 2 aliphatic heterocycles. The molecule has 0 aromatic rings. The molecule has 2 fully saturated rings. The number of piperidine rings is 2. The van der Waals surface area contributed by atoms with Crippen LogP contribution in [0.5, 0.6) is 0 Å². The molecular weight excluding hydrogens is 318 g/mol. The van der Waals surface area contributed by atoms with E-state index >= 15 is 0 Å². The fraction of sp³-hybridized carbons (Fsp3) is 0.875. The zero-order valence-corrected chi connectivity index (χ0v) is 14.9. The molecule has 2 N–H and O–H groups in total. The number of likely N-dealkylation sites (tertiary alicyclic amines) is 1. The van der Waals surface area contributed by atoms with Crippen LogP contribution in [0.15, 0.2) is 0 Å². The number of nitrogens with one attached hydrogen (secondary N) is 2. The molecule has 2 heterocycles. The second-order valence-corrected chi connectivity index (χ2v) is 6.41. The lowest BCUT2D eigenvalue weighted by molar-refractivity contribution is -0.136. The van der Waals surface area contributed by atoms with Crippen molar-refractivity contribution in [2.75, 3.05) is 46.4 Å².